The SMILES string of the molecule is O=C(OC1C[N+]2(CCCOCc3ccccc3)CCC1CC2)C(O)(c1cccs1)c1cccs1. The second-order valence-electron chi connectivity index (χ2n) is 9.53. The number of carbonyl (C=O) groups excluding carboxylic acids is 1. The molecule has 0 radical (unpaired) electrons. The maximum atomic E-state index is 13.5. The third-order valence-corrected chi connectivity index (χ3v) is 9.34. The zero-order chi connectivity index (χ0) is 23.4. The Bertz CT molecular complexity index is 1010. The molecular formula is C27H32NO4S2+. The number of carbonyl (C=O) groups is 1. The van der Waals surface area contributed by atoms with Crippen LogP contribution in [0.2, 0.25) is 0 Å². The molecule has 2 aromatic heterocycles. The molecule has 3 fully saturated rings. The van der Waals surface area contributed by atoms with Gasteiger partial charge in [0.2, 0.25) is 5.60 Å². The fraction of sp³-hybridized carbons (Fsp3) is 0.444. The van der Waals surface area contributed by atoms with Crippen molar-refractivity contribution in [1.82, 2.24) is 0 Å². The van der Waals surface area contributed by atoms with Gasteiger partial charge in [-0.05, 0) is 28.5 Å². The van der Waals surface area contributed by atoms with Gasteiger partial charge < -0.3 is 19.1 Å². The third kappa shape index (κ3) is 4.86. The highest BCUT2D eigenvalue weighted by Crippen LogP contribution is 2.40. The number of quaternary nitrogens is 1. The van der Waals surface area contributed by atoms with E-state index in [4.69, 9.17) is 9.47 Å². The van der Waals surface area contributed by atoms with E-state index in [0.717, 1.165) is 56.5 Å². The van der Waals surface area contributed by atoms with E-state index in [1.165, 1.54) is 28.2 Å². The van der Waals surface area contributed by atoms with Crippen molar-refractivity contribution in [3.05, 3.63) is 80.7 Å². The minimum Gasteiger partial charge on any atom is -0.453 e. The van der Waals surface area contributed by atoms with Gasteiger partial charge in [-0.25, -0.2) is 4.79 Å². The van der Waals surface area contributed by atoms with Crippen LogP contribution in [-0.4, -0.2) is 54.4 Å². The number of hydrogen-bond acceptors (Lipinski definition) is 6. The van der Waals surface area contributed by atoms with Crippen molar-refractivity contribution in [2.45, 2.75) is 37.6 Å². The minimum atomic E-state index is -1.73. The number of piperidine rings is 3. The summed E-state index contributed by atoms with van der Waals surface area (Å²) in [6, 6.07) is 17.6. The Kier molecular flexibility index (Phi) is 7.18. The van der Waals surface area contributed by atoms with Gasteiger partial charge in [0.05, 0.1) is 42.6 Å². The normalized spacial score (nSPS) is 24.3. The molecule has 34 heavy (non-hydrogen) atoms. The molecule has 0 spiro atoms. The number of ether oxygens (including phenoxy) is 2. The lowest BCUT2D eigenvalue weighted by molar-refractivity contribution is -0.946. The number of aliphatic hydroxyl groups is 1. The van der Waals surface area contributed by atoms with E-state index in [-0.39, 0.29) is 6.10 Å². The molecule has 5 heterocycles. The van der Waals surface area contributed by atoms with Gasteiger partial charge in [0.1, 0.15) is 6.54 Å². The van der Waals surface area contributed by atoms with Crippen LogP contribution in [0.25, 0.3) is 0 Å². The maximum absolute atomic E-state index is 13.5. The Morgan fingerprint density at radius 3 is 2.29 bits per heavy atom. The standard InChI is InChI=1S/C27H32NO4S2/c29-26(27(30,24-9-4-17-33-24)25-10-5-18-34-25)32-23-19-28(14-11-22(23)12-15-28)13-6-16-31-20-21-7-2-1-3-8-21/h1-5,7-10,17-18,22-23,30H,6,11-16,19-20H2/q+1. The van der Waals surface area contributed by atoms with E-state index in [2.05, 4.69) is 12.1 Å². The average Bonchev–Trinajstić information content (AvgIpc) is 3.60. The zero-order valence-electron chi connectivity index (χ0n) is 19.3. The highest BCUT2D eigenvalue weighted by Gasteiger charge is 2.51. The fourth-order valence-electron chi connectivity index (χ4n) is 5.45. The fourth-order valence-corrected chi connectivity index (χ4v) is 7.16. The maximum Gasteiger partial charge on any atom is 0.349 e. The molecule has 3 aliphatic heterocycles. The predicted octanol–water partition coefficient (Wildman–Crippen LogP) is 4.80. The average molecular weight is 499 g/mol. The van der Waals surface area contributed by atoms with Crippen molar-refractivity contribution in [1.29, 1.82) is 0 Å². The van der Waals surface area contributed by atoms with E-state index < -0.39 is 11.6 Å². The number of esters is 1. The number of benzene rings is 1. The van der Waals surface area contributed by atoms with E-state index in [9.17, 15) is 9.90 Å². The molecule has 3 aliphatic rings. The van der Waals surface area contributed by atoms with Gasteiger partial charge in [-0.2, -0.15) is 0 Å². The molecule has 0 amide bonds. The number of rotatable bonds is 10. The highest BCUT2D eigenvalue weighted by molar-refractivity contribution is 7.12. The number of hydrogen-bond donors (Lipinski definition) is 1. The highest BCUT2D eigenvalue weighted by atomic mass is 32.1. The molecule has 1 N–H and O–H groups in total. The van der Waals surface area contributed by atoms with Crippen LogP contribution < -0.4 is 0 Å². The number of fused-ring (bicyclic) bond motifs is 3. The zero-order valence-corrected chi connectivity index (χ0v) is 20.9. The van der Waals surface area contributed by atoms with Crippen molar-refractivity contribution in [2.75, 3.05) is 32.8 Å². The summed E-state index contributed by atoms with van der Waals surface area (Å²) < 4.78 is 13.0. The van der Waals surface area contributed by atoms with Crippen LogP contribution in [0.4, 0.5) is 0 Å². The summed E-state index contributed by atoms with van der Waals surface area (Å²) in [5.41, 5.74) is -0.533. The van der Waals surface area contributed by atoms with Gasteiger partial charge in [0.15, 0.2) is 6.10 Å². The molecule has 5 nitrogen and oxygen atoms in total. The number of thiophene rings is 2. The van der Waals surface area contributed by atoms with Crippen LogP contribution in [-0.2, 0) is 26.5 Å². The molecule has 0 aliphatic carbocycles. The van der Waals surface area contributed by atoms with Gasteiger partial charge in [-0.15, -0.1) is 22.7 Å². The van der Waals surface area contributed by atoms with Gasteiger partial charge in [-0.1, -0.05) is 42.5 Å². The van der Waals surface area contributed by atoms with Crippen molar-refractivity contribution < 1.29 is 23.9 Å². The van der Waals surface area contributed by atoms with Crippen molar-refractivity contribution in [2.24, 2.45) is 5.92 Å². The van der Waals surface area contributed by atoms with Crippen LogP contribution in [0.15, 0.2) is 65.4 Å². The summed E-state index contributed by atoms with van der Waals surface area (Å²) in [4.78, 5) is 14.7. The molecule has 1 aromatic carbocycles. The Hall–Kier alpha value is -2.03. The Balaban J connectivity index is 1.20. The Morgan fingerprint density at radius 1 is 1.00 bits per heavy atom. The van der Waals surface area contributed by atoms with E-state index >= 15 is 0 Å². The van der Waals surface area contributed by atoms with Crippen LogP contribution >= 0.6 is 22.7 Å². The quantitative estimate of drug-likeness (QED) is 0.248. The van der Waals surface area contributed by atoms with Gasteiger partial charge in [0, 0.05) is 25.2 Å². The first-order chi connectivity index (χ1) is 16.6. The molecule has 1 unspecified atom stereocenters. The molecule has 180 valence electrons. The molecule has 7 heteroatoms. The summed E-state index contributed by atoms with van der Waals surface area (Å²) in [5.74, 6) is -0.158. The molecule has 6 rings (SSSR count). The first-order valence-corrected chi connectivity index (χ1v) is 13.8. The van der Waals surface area contributed by atoms with Crippen molar-refractivity contribution in [3.63, 3.8) is 0 Å². The summed E-state index contributed by atoms with van der Waals surface area (Å²) in [6.07, 6.45) is 2.98. The van der Waals surface area contributed by atoms with Crippen molar-refractivity contribution in [3.8, 4) is 0 Å². The molecule has 0 saturated carbocycles. The second-order valence-corrected chi connectivity index (χ2v) is 11.4. The predicted molar refractivity (Wildman–Crippen MR) is 135 cm³/mol. The van der Waals surface area contributed by atoms with E-state index in [0.29, 0.717) is 22.3 Å². The number of nitrogens with zero attached hydrogens (tertiary/aromatic N) is 1. The van der Waals surface area contributed by atoms with Gasteiger partial charge in [-0.3, -0.25) is 0 Å². The largest absolute Gasteiger partial charge is 0.453 e. The van der Waals surface area contributed by atoms with Crippen molar-refractivity contribution >= 4 is 28.6 Å². The summed E-state index contributed by atoms with van der Waals surface area (Å²) in [6.45, 7) is 5.53. The molecular weight excluding hydrogens is 466 g/mol. The summed E-state index contributed by atoms with van der Waals surface area (Å²) in [5, 5.41) is 15.4. The first kappa shape index (κ1) is 23.7. The second kappa shape index (κ2) is 10.3. The van der Waals surface area contributed by atoms with Crippen LogP contribution in [0.5, 0.6) is 0 Å². The van der Waals surface area contributed by atoms with E-state index in [1.807, 2.05) is 53.2 Å². The topological polar surface area (TPSA) is 55.8 Å². The summed E-state index contributed by atoms with van der Waals surface area (Å²) in [7, 11) is 0. The van der Waals surface area contributed by atoms with Crippen LogP contribution in [0.3, 0.4) is 0 Å². The Morgan fingerprint density at radius 2 is 1.68 bits per heavy atom. The summed E-state index contributed by atoms with van der Waals surface area (Å²) >= 11 is 2.77. The lowest BCUT2D eigenvalue weighted by atomic mass is 9.83. The third-order valence-electron chi connectivity index (χ3n) is 7.38. The lowest BCUT2D eigenvalue weighted by Gasteiger charge is -2.52. The first-order valence-electron chi connectivity index (χ1n) is 12.1. The minimum absolute atomic E-state index is 0.147. The molecule has 3 aromatic rings. The monoisotopic (exact) mass is 498 g/mol. The van der Waals surface area contributed by atoms with E-state index in [1.54, 1.807) is 0 Å². The molecule has 2 bridgehead atoms. The molecule has 1 atom stereocenters. The van der Waals surface area contributed by atoms with Gasteiger partial charge in [0.25, 0.3) is 0 Å². The lowest BCUT2D eigenvalue weighted by Crippen LogP contribution is -2.65. The molecule has 3 saturated heterocycles. The van der Waals surface area contributed by atoms with Crippen LogP contribution in [0, 0.1) is 5.92 Å². The van der Waals surface area contributed by atoms with Crippen LogP contribution in [0.1, 0.15) is 34.6 Å². The smallest absolute Gasteiger partial charge is 0.349 e. The Labute approximate surface area is 209 Å². The van der Waals surface area contributed by atoms with Gasteiger partial charge >= 0.3 is 5.97 Å².